The van der Waals surface area contributed by atoms with Gasteiger partial charge in [-0.3, -0.25) is 14.4 Å². The van der Waals surface area contributed by atoms with Gasteiger partial charge in [-0.1, -0.05) is 25.6 Å². The lowest BCUT2D eigenvalue weighted by atomic mass is 10.0. The summed E-state index contributed by atoms with van der Waals surface area (Å²) in [4.78, 5) is 47.3. The molecule has 0 aliphatic carbocycles. The molecule has 7 nitrogen and oxygen atoms in total. The Morgan fingerprint density at radius 1 is 1.43 bits per heavy atom. The second kappa shape index (κ2) is 7.44. The normalized spacial score (nSPS) is 22.1. The van der Waals surface area contributed by atoms with Gasteiger partial charge in [-0.15, -0.1) is 0 Å². The number of rotatable bonds is 5. The molecule has 0 saturated carbocycles. The van der Waals surface area contributed by atoms with Gasteiger partial charge in [0.15, 0.2) is 5.12 Å². The number of amides is 2. The summed E-state index contributed by atoms with van der Waals surface area (Å²) in [5, 5.41) is 11.8. The van der Waals surface area contributed by atoms with Crippen molar-refractivity contribution >= 4 is 34.7 Å². The van der Waals surface area contributed by atoms with Crippen molar-refractivity contribution in [2.75, 3.05) is 5.75 Å². The van der Waals surface area contributed by atoms with Crippen LogP contribution in [0.3, 0.4) is 0 Å². The number of hydrogen-bond donors (Lipinski definition) is 2. The highest BCUT2D eigenvalue weighted by Gasteiger charge is 2.42. The number of carbonyl (C=O) groups excluding carboxylic acids is 3. The molecule has 1 fully saturated rings. The van der Waals surface area contributed by atoms with E-state index in [1.807, 2.05) is 0 Å². The smallest absolute Gasteiger partial charge is 0.327 e. The highest BCUT2D eigenvalue weighted by atomic mass is 32.2. The van der Waals surface area contributed by atoms with Gasteiger partial charge in [0.2, 0.25) is 11.8 Å². The number of aliphatic carboxylic acids is 1. The van der Waals surface area contributed by atoms with Gasteiger partial charge in [0, 0.05) is 19.1 Å². The van der Waals surface area contributed by atoms with E-state index in [2.05, 4.69) is 5.32 Å². The zero-order valence-corrected chi connectivity index (χ0v) is 13.1. The molecule has 0 aromatic rings. The van der Waals surface area contributed by atoms with Crippen molar-refractivity contribution in [3.63, 3.8) is 0 Å². The summed E-state index contributed by atoms with van der Waals surface area (Å²) in [6, 6.07) is -1.15. The van der Waals surface area contributed by atoms with Crippen molar-refractivity contribution in [2.24, 2.45) is 5.92 Å². The average molecular weight is 316 g/mol. The first-order chi connectivity index (χ1) is 9.73. The SMILES string of the molecule is CC(=O)SCCC(=O)N1[C@@H](C(C)C)NC(=O)C[C@H]1C(=O)O. The summed E-state index contributed by atoms with van der Waals surface area (Å²) in [5.41, 5.74) is 0. The molecule has 0 spiro atoms. The van der Waals surface area contributed by atoms with Crippen LogP contribution in [0.5, 0.6) is 0 Å². The van der Waals surface area contributed by atoms with Crippen LogP contribution in [0, 0.1) is 5.92 Å². The molecule has 0 bridgehead atoms. The number of carbonyl (C=O) groups is 4. The summed E-state index contributed by atoms with van der Waals surface area (Å²) in [5.74, 6) is -1.74. The standard InChI is InChI=1S/C13H20N2O5S/c1-7(2)12-14-10(17)6-9(13(19)20)15(12)11(18)4-5-21-8(3)16/h7,9,12H,4-6H2,1-3H3,(H,14,17)(H,19,20)/t9-,12-/m0/s1. The van der Waals surface area contributed by atoms with Gasteiger partial charge in [-0.25, -0.2) is 4.79 Å². The van der Waals surface area contributed by atoms with Crippen LogP contribution >= 0.6 is 11.8 Å². The van der Waals surface area contributed by atoms with Crippen molar-refractivity contribution in [1.82, 2.24) is 10.2 Å². The molecule has 0 aromatic heterocycles. The molecule has 0 radical (unpaired) electrons. The van der Waals surface area contributed by atoms with Crippen LogP contribution in [0.25, 0.3) is 0 Å². The molecule has 2 atom stereocenters. The van der Waals surface area contributed by atoms with Gasteiger partial charge in [0.05, 0.1) is 6.42 Å². The van der Waals surface area contributed by atoms with Gasteiger partial charge >= 0.3 is 5.97 Å². The summed E-state index contributed by atoms with van der Waals surface area (Å²) in [6.45, 7) is 5.02. The molecule has 2 amide bonds. The maximum absolute atomic E-state index is 12.3. The molecule has 2 N–H and O–H groups in total. The average Bonchev–Trinajstić information content (AvgIpc) is 2.36. The van der Waals surface area contributed by atoms with E-state index >= 15 is 0 Å². The monoisotopic (exact) mass is 316 g/mol. The minimum absolute atomic E-state index is 0.0626. The molecule has 21 heavy (non-hydrogen) atoms. The third-order valence-electron chi connectivity index (χ3n) is 3.15. The number of thioether (sulfide) groups is 1. The number of nitrogens with zero attached hydrogens (tertiary/aromatic N) is 1. The maximum Gasteiger partial charge on any atom is 0.327 e. The molecular weight excluding hydrogens is 296 g/mol. The van der Waals surface area contributed by atoms with E-state index in [-0.39, 0.29) is 35.7 Å². The van der Waals surface area contributed by atoms with E-state index in [1.54, 1.807) is 13.8 Å². The molecule has 1 rings (SSSR count). The highest BCUT2D eigenvalue weighted by molar-refractivity contribution is 8.13. The lowest BCUT2D eigenvalue weighted by Gasteiger charge is -2.42. The first-order valence-electron chi connectivity index (χ1n) is 6.70. The Kier molecular flexibility index (Phi) is 6.19. The van der Waals surface area contributed by atoms with E-state index in [1.165, 1.54) is 11.8 Å². The molecule has 0 unspecified atom stereocenters. The summed E-state index contributed by atoms with van der Waals surface area (Å²) < 4.78 is 0. The summed E-state index contributed by atoms with van der Waals surface area (Å²) in [7, 11) is 0. The topological polar surface area (TPSA) is 104 Å². The number of carboxylic acid groups (broad SMARTS) is 1. The fourth-order valence-electron chi connectivity index (χ4n) is 2.20. The Morgan fingerprint density at radius 2 is 2.05 bits per heavy atom. The Balaban J connectivity index is 2.88. The van der Waals surface area contributed by atoms with Crippen LogP contribution < -0.4 is 5.32 Å². The predicted octanol–water partition coefficient (Wildman–Crippen LogP) is 0.440. The van der Waals surface area contributed by atoms with E-state index in [0.29, 0.717) is 5.75 Å². The fourth-order valence-corrected chi connectivity index (χ4v) is 2.76. The Hall–Kier alpha value is -1.57. The minimum Gasteiger partial charge on any atom is -0.480 e. The van der Waals surface area contributed by atoms with Crippen molar-refractivity contribution in [1.29, 1.82) is 0 Å². The van der Waals surface area contributed by atoms with E-state index in [9.17, 15) is 24.3 Å². The predicted molar refractivity (Wildman–Crippen MR) is 77.4 cm³/mol. The first kappa shape index (κ1) is 17.5. The van der Waals surface area contributed by atoms with Crippen LogP contribution in [0.15, 0.2) is 0 Å². The van der Waals surface area contributed by atoms with Crippen molar-refractivity contribution < 1.29 is 24.3 Å². The highest BCUT2D eigenvalue weighted by Crippen LogP contribution is 2.21. The zero-order chi connectivity index (χ0) is 16.2. The fraction of sp³-hybridized carbons (Fsp3) is 0.692. The number of carboxylic acids is 1. The molecule has 8 heteroatoms. The van der Waals surface area contributed by atoms with Crippen LogP contribution in [-0.4, -0.2) is 50.9 Å². The van der Waals surface area contributed by atoms with Crippen LogP contribution in [0.2, 0.25) is 0 Å². The van der Waals surface area contributed by atoms with Gasteiger partial charge in [-0.2, -0.15) is 0 Å². The third-order valence-corrected chi connectivity index (χ3v) is 3.96. The van der Waals surface area contributed by atoms with Crippen LogP contribution in [-0.2, 0) is 19.2 Å². The molecule has 1 saturated heterocycles. The van der Waals surface area contributed by atoms with E-state index in [0.717, 1.165) is 11.8 Å². The second-order valence-corrected chi connectivity index (χ2v) is 6.48. The summed E-state index contributed by atoms with van der Waals surface area (Å²) >= 11 is 1.02. The minimum atomic E-state index is -1.19. The number of hydrogen-bond acceptors (Lipinski definition) is 5. The largest absolute Gasteiger partial charge is 0.480 e. The van der Waals surface area contributed by atoms with Crippen molar-refractivity contribution in [2.45, 2.75) is 45.8 Å². The number of nitrogens with one attached hydrogen (secondary N) is 1. The van der Waals surface area contributed by atoms with Gasteiger partial charge < -0.3 is 15.3 Å². The molecule has 1 aliphatic rings. The van der Waals surface area contributed by atoms with Gasteiger partial charge in [0.1, 0.15) is 12.2 Å². The lowest BCUT2D eigenvalue weighted by Crippen LogP contribution is -2.64. The maximum atomic E-state index is 12.3. The molecule has 0 aromatic carbocycles. The first-order valence-corrected chi connectivity index (χ1v) is 7.69. The van der Waals surface area contributed by atoms with Crippen LogP contribution in [0.4, 0.5) is 0 Å². The molecule has 1 aliphatic heterocycles. The third kappa shape index (κ3) is 4.73. The van der Waals surface area contributed by atoms with Crippen molar-refractivity contribution in [3.05, 3.63) is 0 Å². The van der Waals surface area contributed by atoms with Crippen LogP contribution in [0.1, 0.15) is 33.6 Å². The van der Waals surface area contributed by atoms with E-state index in [4.69, 9.17) is 0 Å². The van der Waals surface area contributed by atoms with Gasteiger partial charge in [0.25, 0.3) is 0 Å². The lowest BCUT2D eigenvalue weighted by molar-refractivity contribution is -0.160. The second-order valence-electron chi connectivity index (χ2n) is 5.21. The van der Waals surface area contributed by atoms with Gasteiger partial charge in [-0.05, 0) is 5.92 Å². The Bertz CT molecular complexity index is 452. The molecule has 1 heterocycles. The molecule has 118 valence electrons. The summed E-state index contributed by atoms with van der Waals surface area (Å²) in [6.07, 6.45) is -0.820. The van der Waals surface area contributed by atoms with E-state index < -0.39 is 18.2 Å². The Labute approximate surface area is 127 Å². The zero-order valence-electron chi connectivity index (χ0n) is 12.3. The quantitative estimate of drug-likeness (QED) is 0.763. The Morgan fingerprint density at radius 3 is 2.52 bits per heavy atom. The van der Waals surface area contributed by atoms with Crippen molar-refractivity contribution in [3.8, 4) is 0 Å². The molecular formula is C13H20N2O5S.